The highest BCUT2D eigenvalue weighted by Crippen LogP contribution is 2.62. The first-order valence-electron chi connectivity index (χ1n) is 11.4. The molecule has 28 heavy (non-hydrogen) atoms. The van der Waals surface area contributed by atoms with Crippen molar-refractivity contribution in [2.24, 2.45) is 29.1 Å². The van der Waals surface area contributed by atoms with Crippen molar-refractivity contribution in [3.05, 3.63) is 11.6 Å². The van der Waals surface area contributed by atoms with Crippen molar-refractivity contribution in [2.45, 2.75) is 90.7 Å². The number of likely N-dealkylation sites (tertiary alicyclic amines) is 1. The van der Waals surface area contributed by atoms with Crippen molar-refractivity contribution < 1.29 is 14.7 Å². The maximum absolute atomic E-state index is 13.0. The largest absolute Gasteiger partial charge is 0.393 e. The van der Waals surface area contributed by atoms with Crippen LogP contribution in [-0.2, 0) is 9.59 Å². The van der Waals surface area contributed by atoms with Gasteiger partial charge in [0.25, 0.3) is 0 Å². The number of amides is 1. The molecule has 1 aliphatic heterocycles. The van der Waals surface area contributed by atoms with Gasteiger partial charge in [-0.05, 0) is 80.6 Å². The fraction of sp³-hybridized carbons (Fsp3) is 0.833. The van der Waals surface area contributed by atoms with E-state index in [1.807, 2.05) is 6.08 Å². The summed E-state index contributed by atoms with van der Waals surface area (Å²) in [5.41, 5.74) is 0.966. The maximum Gasteiger partial charge on any atom is 0.223 e. The van der Waals surface area contributed by atoms with Gasteiger partial charge in [0.1, 0.15) is 0 Å². The molecular formula is C24H37NO3. The molecule has 0 aromatic heterocycles. The van der Waals surface area contributed by atoms with Crippen LogP contribution in [0.25, 0.3) is 0 Å². The second-order valence-electron chi connectivity index (χ2n) is 10.8. The van der Waals surface area contributed by atoms with Crippen LogP contribution in [0, 0.1) is 29.1 Å². The standard InChI is InChI=1S/C24H37NO3/c1-15(2)6-5-11-25-21(28)13-19-18-8-7-16-12-17(26)9-10-23(16,3)22(18)20(27)14-24(19,25)4/h12,15,18-20,22,27H,5-11,13-14H2,1-4H3/t18?,19?,20-,22?,23-,24-/m0/s1. The summed E-state index contributed by atoms with van der Waals surface area (Å²) in [5, 5.41) is 11.4. The first-order chi connectivity index (χ1) is 13.2. The molecule has 0 spiro atoms. The summed E-state index contributed by atoms with van der Waals surface area (Å²) in [5.74, 6) is 2.08. The summed E-state index contributed by atoms with van der Waals surface area (Å²) in [7, 11) is 0. The molecule has 2 saturated carbocycles. The number of hydrogen-bond acceptors (Lipinski definition) is 3. The lowest BCUT2D eigenvalue weighted by Crippen LogP contribution is -2.61. The monoisotopic (exact) mass is 387 g/mol. The lowest BCUT2D eigenvalue weighted by molar-refractivity contribution is -0.139. The number of fused-ring (bicyclic) bond motifs is 5. The van der Waals surface area contributed by atoms with Crippen LogP contribution < -0.4 is 0 Å². The Hall–Kier alpha value is -1.16. The molecule has 4 nitrogen and oxygen atoms in total. The van der Waals surface area contributed by atoms with Gasteiger partial charge in [0.15, 0.2) is 5.78 Å². The molecule has 3 fully saturated rings. The molecule has 0 bridgehead atoms. The topological polar surface area (TPSA) is 57.6 Å². The molecule has 3 unspecified atom stereocenters. The highest BCUT2D eigenvalue weighted by Gasteiger charge is 2.63. The number of ketones is 1. The van der Waals surface area contributed by atoms with Crippen LogP contribution in [0.2, 0.25) is 0 Å². The number of hydrogen-bond donors (Lipinski definition) is 1. The SMILES string of the molecule is CC(C)CCCN1C(=O)CC2C3CCC4=CC(=O)CC[C@]4(C)C3[C@@H](O)C[C@@]21C. The normalized spacial score (nSPS) is 42.9. The van der Waals surface area contributed by atoms with Crippen molar-refractivity contribution in [1.82, 2.24) is 4.90 Å². The quantitative estimate of drug-likeness (QED) is 0.789. The fourth-order valence-electron chi connectivity index (χ4n) is 7.31. The number of aliphatic hydroxyl groups is 1. The first kappa shape index (κ1) is 20.1. The van der Waals surface area contributed by atoms with Gasteiger partial charge in [-0.3, -0.25) is 9.59 Å². The van der Waals surface area contributed by atoms with E-state index in [0.29, 0.717) is 37.0 Å². The van der Waals surface area contributed by atoms with Gasteiger partial charge in [0.05, 0.1) is 6.10 Å². The third-order valence-electron chi connectivity index (χ3n) is 8.73. The van der Waals surface area contributed by atoms with Gasteiger partial charge in [0.2, 0.25) is 5.91 Å². The van der Waals surface area contributed by atoms with E-state index < -0.39 is 6.10 Å². The van der Waals surface area contributed by atoms with Crippen LogP contribution in [0.5, 0.6) is 0 Å². The van der Waals surface area contributed by atoms with Crippen LogP contribution in [0.4, 0.5) is 0 Å². The molecule has 6 atom stereocenters. The summed E-state index contributed by atoms with van der Waals surface area (Å²) < 4.78 is 0. The van der Waals surface area contributed by atoms with E-state index in [2.05, 4.69) is 32.6 Å². The lowest BCUT2D eigenvalue weighted by atomic mass is 9.47. The zero-order valence-electron chi connectivity index (χ0n) is 18.0. The van der Waals surface area contributed by atoms with Gasteiger partial charge in [0, 0.05) is 24.9 Å². The van der Waals surface area contributed by atoms with Crippen LogP contribution >= 0.6 is 0 Å². The summed E-state index contributed by atoms with van der Waals surface area (Å²) >= 11 is 0. The molecule has 1 heterocycles. The molecule has 4 aliphatic rings. The maximum atomic E-state index is 13.0. The highest BCUT2D eigenvalue weighted by molar-refractivity contribution is 5.91. The van der Waals surface area contributed by atoms with E-state index in [4.69, 9.17) is 0 Å². The Morgan fingerprint density at radius 1 is 1.25 bits per heavy atom. The summed E-state index contributed by atoms with van der Waals surface area (Å²) in [6, 6.07) is 0. The van der Waals surface area contributed by atoms with Crippen LogP contribution in [0.15, 0.2) is 11.6 Å². The second-order valence-corrected chi connectivity index (χ2v) is 10.8. The Balaban J connectivity index is 1.61. The second kappa shape index (κ2) is 6.97. The number of rotatable bonds is 4. The summed E-state index contributed by atoms with van der Waals surface area (Å²) in [6.45, 7) is 9.79. The molecule has 0 radical (unpaired) electrons. The molecular weight excluding hydrogens is 350 g/mol. The van der Waals surface area contributed by atoms with Crippen molar-refractivity contribution in [3.8, 4) is 0 Å². The fourth-order valence-corrected chi connectivity index (χ4v) is 7.31. The van der Waals surface area contributed by atoms with Gasteiger partial charge in [-0.2, -0.15) is 0 Å². The minimum Gasteiger partial charge on any atom is -0.393 e. The zero-order chi connectivity index (χ0) is 20.3. The Morgan fingerprint density at radius 2 is 2.00 bits per heavy atom. The average Bonchev–Trinajstić information content (AvgIpc) is 2.85. The third kappa shape index (κ3) is 2.98. The molecule has 1 amide bonds. The highest BCUT2D eigenvalue weighted by atomic mass is 16.3. The van der Waals surface area contributed by atoms with E-state index in [-0.39, 0.29) is 28.6 Å². The Kier molecular flexibility index (Phi) is 5.01. The molecule has 3 aliphatic carbocycles. The predicted molar refractivity (Wildman–Crippen MR) is 110 cm³/mol. The van der Waals surface area contributed by atoms with Crippen molar-refractivity contribution >= 4 is 11.7 Å². The predicted octanol–water partition coefficient (Wildman–Crippen LogP) is 4.12. The minimum atomic E-state index is -0.397. The van der Waals surface area contributed by atoms with Gasteiger partial charge in [-0.1, -0.05) is 26.3 Å². The molecule has 4 rings (SSSR count). The number of aliphatic hydroxyl groups excluding tert-OH is 1. The van der Waals surface area contributed by atoms with Gasteiger partial charge in [-0.15, -0.1) is 0 Å². The van der Waals surface area contributed by atoms with Gasteiger partial charge < -0.3 is 10.0 Å². The molecule has 4 heteroatoms. The van der Waals surface area contributed by atoms with Gasteiger partial charge >= 0.3 is 0 Å². The number of carbonyl (C=O) groups excluding carboxylic acids is 2. The van der Waals surface area contributed by atoms with E-state index in [0.717, 1.165) is 38.6 Å². The Labute approximate surface area is 169 Å². The average molecular weight is 388 g/mol. The van der Waals surface area contributed by atoms with E-state index >= 15 is 0 Å². The molecule has 0 aromatic rings. The van der Waals surface area contributed by atoms with Crippen molar-refractivity contribution in [2.75, 3.05) is 6.54 Å². The molecule has 1 N–H and O–H groups in total. The van der Waals surface area contributed by atoms with E-state index in [9.17, 15) is 14.7 Å². The summed E-state index contributed by atoms with van der Waals surface area (Å²) in [4.78, 5) is 27.1. The van der Waals surface area contributed by atoms with E-state index in [1.54, 1.807) is 0 Å². The third-order valence-corrected chi connectivity index (χ3v) is 8.73. The molecule has 1 saturated heterocycles. The van der Waals surface area contributed by atoms with Crippen molar-refractivity contribution in [3.63, 3.8) is 0 Å². The smallest absolute Gasteiger partial charge is 0.223 e. The Morgan fingerprint density at radius 3 is 2.71 bits per heavy atom. The van der Waals surface area contributed by atoms with Crippen molar-refractivity contribution in [1.29, 1.82) is 0 Å². The van der Waals surface area contributed by atoms with Crippen LogP contribution in [-0.4, -0.2) is 39.9 Å². The first-order valence-corrected chi connectivity index (χ1v) is 11.4. The number of allylic oxidation sites excluding steroid dienone is 2. The molecule has 0 aromatic carbocycles. The number of carbonyl (C=O) groups is 2. The van der Waals surface area contributed by atoms with Gasteiger partial charge in [-0.25, -0.2) is 0 Å². The number of nitrogens with zero attached hydrogens (tertiary/aromatic N) is 1. The Bertz CT molecular complexity index is 698. The van der Waals surface area contributed by atoms with E-state index in [1.165, 1.54) is 5.57 Å². The molecule has 156 valence electrons. The van der Waals surface area contributed by atoms with Crippen LogP contribution in [0.1, 0.15) is 79.1 Å². The lowest BCUT2D eigenvalue weighted by Gasteiger charge is -2.59. The zero-order valence-corrected chi connectivity index (χ0v) is 18.0. The summed E-state index contributed by atoms with van der Waals surface area (Å²) in [6.07, 6.45) is 8.38. The van der Waals surface area contributed by atoms with Crippen LogP contribution in [0.3, 0.4) is 0 Å². The minimum absolute atomic E-state index is 0.0777.